The van der Waals surface area contributed by atoms with Gasteiger partial charge in [0.05, 0.1) is 12.7 Å². The lowest BCUT2D eigenvalue weighted by molar-refractivity contribution is -0.148. The standard InChI is InChI=1S/C25H40O4/c1-19(2)24(28-18-27-17-22-13-9-8-10-14-22)21(4)16-20(3)12-11-15-23(26)29-25(5,6)7/h8-11,13-15,19-21,24H,12,16-18H2,1-7H3/b15-11+/t20-,21-,24+/m0/s1. The molecule has 0 amide bonds. The Hall–Kier alpha value is -1.65. The van der Waals surface area contributed by atoms with Gasteiger partial charge < -0.3 is 14.2 Å². The maximum absolute atomic E-state index is 11.8. The first kappa shape index (κ1) is 25.4. The molecule has 29 heavy (non-hydrogen) atoms. The Morgan fingerprint density at radius 3 is 2.31 bits per heavy atom. The van der Waals surface area contributed by atoms with Crippen molar-refractivity contribution in [2.45, 2.75) is 79.6 Å². The molecule has 0 heterocycles. The summed E-state index contributed by atoms with van der Waals surface area (Å²) in [6.45, 7) is 15.3. The summed E-state index contributed by atoms with van der Waals surface area (Å²) in [5.41, 5.74) is 0.696. The minimum atomic E-state index is -0.452. The van der Waals surface area contributed by atoms with Crippen LogP contribution < -0.4 is 0 Å². The van der Waals surface area contributed by atoms with Crippen LogP contribution in [0.3, 0.4) is 0 Å². The molecule has 0 bridgehead atoms. The van der Waals surface area contributed by atoms with E-state index < -0.39 is 5.60 Å². The van der Waals surface area contributed by atoms with Crippen LogP contribution in [0.25, 0.3) is 0 Å². The van der Waals surface area contributed by atoms with Gasteiger partial charge in [0.1, 0.15) is 12.4 Å². The van der Waals surface area contributed by atoms with Gasteiger partial charge in [0.25, 0.3) is 0 Å². The first-order valence-electron chi connectivity index (χ1n) is 10.7. The van der Waals surface area contributed by atoms with Gasteiger partial charge in [-0.3, -0.25) is 0 Å². The van der Waals surface area contributed by atoms with Gasteiger partial charge in [0, 0.05) is 6.08 Å². The minimum absolute atomic E-state index is 0.142. The van der Waals surface area contributed by atoms with Crippen molar-refractivity contribution in [1.82, 2.24) is 0 Å². The Morgan fingerprint density at radius 2 is 1.72 bits per heavy atom. The average molecular weight is 405 g/mol. The van der Waals surface area contributed by atoms with Gasteiger partial charge in [0.15, 0.2) is 0 Å². The summed E-state index contributed by atoms with van der Waals surface area (Å²) in [5, 5.41) is 0. The lowest BCUT2D eigenvalue weighted by atomic mass is 9.86. The Bertz CT molecular complexity index is 601. The summed E-state index contributed by atoms with van der Waals surface area (Å²) < 4.78 is 17.1. The van der Waals surface area contributed by atoms with Gasteiger partial charge in [-0.1, -0.05) is 64.1 Å². The largest absolute Gasteiger partial charge is 0.457 e. The number of ether oxygens (including phenoxy) is 3. The molecular formula is C25H40O4. The van der Waals surface area contributed by atoms with E-state index in [1.165, 1.54) is 0 Å². The van der Waals surface area contributed by atoms with Crippen LogP contribution in [-0.4, -0.2) is 24.5 Å². The van der Waals surface area contributed by atoms with Crippen molar-refractivity contribution < 1.29 is 19.0 Å². The van der Waals surface area contributed by atoms with Crippen LogP contribution in [0.5, 0.6) is 0 Å². The normalized spacial score (nSPS) is 15.4. The number of carbonyl (C=O) groups is 1. The van der Waals surface area contributed by atoms with Gasteiger partial charge >= 0.3 is 5.97 Å². The van der Waals surface area contributed by atoms with Crippen LogP contribution in [0.1, 0.15) is 66.9 Å². The zero-order valence-electron chi connectivity index (χ0n) is 19.3. The molecule has 164 valence electrons. The molecule has 0 spiro atoms. The summed E-state index contributed by atoms with van der Waals surface area (Å²) in [7, 11) is 0. The molecule has 0 aromatic heterocycles. The predicted molar refractivity (Wildman–Crippen MR) is 118 cm³/mol. The number of hydrogen-bond donors (Lipinski definition) is 0. The van der Waals surface area contributed by atoms with Crippen molar-refractivity contribution in [3.05, 3.63) is 48.0 Å². The third-order valence-electron chi connectivity index (χ3n) is 4.65. The monoisotopic (exact) mass is 404 g/mol. The molecule has 1 aromatic rings. The highest BCUT2D eigenvalue weighted by atomic mass is 16.7. The van der Waals surface area contributed by atoms with Crippen molar-refractivity contribution in [3.8, 4) is 0 Å². The molecule has 1 rings (SSSR count). The fourth-order valence-electron chi connectivity index (χ4n) is 3.47. The van der Waals surface area contributed by atoms with Crippen LogP contribution in [0.2, 0.25) is 0 Å². The SMILES string of the molecule is CC(C)[C@@H](OCOCc1ccccc1)[C@@H](C)C[C@@H](C)C/C=C/C(=O)OC(C)(C)C. The summed E-state index contributed by atoms with van der Waals surface area (Å²) in [5.74, 6) is 0.991. The zero-order valence-corrected chi connectivity index (χ0v) is 19.3. The molecule has 0 saturated carbocycles. The average Bonchev–Trinajstić information content (AvgIpc) is 2.60. The smallest absolute Gasteiger partial charge is 0.330 e. The molecule has 0 aliphatic rings. The number of allylic oxidation sites excluding steroid dienone is 1. The van der Waals surface area contributed by atoms with Gasteiger partial charge in [-0.15, -0.1) is 0 Å². The third-order valence-corrected chi connectivity index (χ3v) is 4.65. The van der Waals surface area contributed by atoms with Crippen LogP contribution in [0, 0.1) is 17.8 Å². The van der Waals surface area contributed by atoms with Crippen LogP contribution in [0.15, 0.2) is 42.5 Å². The highest BCUT2D eigenvalue weighted by Crippen LogP contribution is 2.25. The fourth-order valence-corrected chi connectivity index (χ4v) is 3.47. The van der Waals surface area contributed by atoms with Gasteiger partial charge in [-0.25, -0.2) is 4.79 Å². The Morgan fingerprint density at radius 1 is 1.07 bits per heavy atom. The maximum Gasteiger partial charge on any atom is 0.330 e. The highest BCUT2D eigenvalue weighted by Gasteiger charge is 2.23. The summed E-state index contributed by atoms with van der Waals surface area (Å²) in [4.78, 5) is 11.8. The number of benzene rings is 1. The van der Waals surface area contributed by atoms with Crippen LogP contribution in [0.4, 0.5) is 0 Å². The lowest BCUT2D eigenvalue weighted by Gasteiger charge is -2.29. The van der Waals surface area contributed by atoms with E-state index in [-0.39, 0.29) is 12.1 Å². The third kappa shape index (κ3) is 11.8. The number of esters is 1. The summed E-state index contributed by atoms with van der Waals surface area (Å²) in [6, 6.07) is 10.1. The van der Waals surface area contributed by atoms with E-state index in [1.54, 1.807) is 6.08 Å². The van der Waals surface area contributed by atoms with Crippen LogP contribution in [-0.2, 0) is 25.6 Å². The number of rotatable bonds is 12. The molecule has 4 nitrogen and oxygen atoms in total. The second kappa shape index (κ2) is 12.8. The molecular weight excluding hydrogens is 364 g/mol. The highest BCUT2D eigenvalue weighted by molar-refractivity contribution is 5.82. The molecule has 1 aromatic carbocycles. The maximum atomic E-state index is 11.8. The first-order valence-corrected chi connectivity index (χ1v) is 10.7. The molecule has 0 saturated heterocycles. The van der Waals surface area contributed by atoms with E-state index in [4.69, 9.17) is 14.2 Å². The molecule has 4 heteroatoms. The minimum Gasteiger partial charge on any atom is -0.457 e. The van der Waals surface area contributed by atoms with E-state index in [0.717, 1.165) is 18.4 Å². The Kier molecular flexibility index (Phi) is 11.2. The van der Waals surface area contributed by atoms with E-state index in [0.29, 0.717) is 31.2 Å². The van der Waals surface area contributed by atoms with Gasteiger partial charge in [-0.05, 0) is 56.9 Å². The molecule has 0 unspecified atom stereocenters. The topological polar surface area (TPSA) is 44.8 Å². The van der Waals surface area contributed by atoms with Gasteiger partial charge in [0.2, 0.25) is 0 Å². The van der Waals surface area contributed by atoms with Crippen LogP contribution >= 0.6 is 0 Å². The molecule has 0 N–H and O–H groups in total. The molecule has 0 aliphatic heterocycles. The second-order valence-electron chi connectivity index (χ2n) is 9.32. The first-order chi connectivity index (χ1) is 13.6. The summed E-state index contributed by atoms with van der Waals surface area (Å²) >= 11 is 0. The molecule has 0 aliphatic carbocycles. The van der Waals surface area contributed by atoms with E-state index in [9.17, 15) is 4.79 Å². The zero-order chi connectivity index (χ0) is 21.9. The van der Waals surface area contributed by atoms with Crippen molar-refractivity contribution in [3.63, 3.8) is 0 Å². The quantitative estimate of drug-likeness (QED) is 0.181. The molecule has 0 fully saturated rings. The summed E-state index contributed by atoms with van der Waals surface area (Å²) in [6.07, 6.45) is 5.47. The predicted octanol–water partition coefficient (Wildman–Crippen LogP) is 6.15. The molecule has 3 atom stereocenters. The molecule has 0 radical (unpaired) electrons. The van der Waals surface area contributed by atoms with E-state index in [2.05, 4.69) is 39.8 Å². The van der Waals surface area contributed by atoms with Crippen molar-refractivity contribution in [1.29, 1.82) is 0 Å². The van der Waals surface area contributed by atoms with Crippen molar-refractivity contribution >= 4 is 5.97 Å². The fraction of sp³-hybridized carbons (Fsp3) is 0.640. The lowest BCUT2D eigenvalue weighted by Crippen LogP contribution is -2.29. The van der Waals surface area contributed by atoms with Crippen molar-refractivity contribution in [2.75, 3.05) is 6.79 Å². The Labute approximate surface area is 177 Å². The Balaban J connectivity index is 2.38. The van der Waals surface area contributed by atoms with E-state index >= 15 is 0 Å². The van der Waals surface area contributed by atoms with Crippen molar-refractivity contribution in [2.24, 2.45) is 17.8 Å². The second-order valence-corrected chi connectivity index (χ2v) is 9.32. The van der Waals surface area contributed by atoms with Gasteiger partial charge in [-0.2, -0.15) is 0 Å². The number of carbonyl (C=O) groups excluding carboxylic acids is 1. The van der Waals surface area contributed by atoms with E-state index in [1.807, 2.05) is 45.0 Å². The number of hydrogen-bond acceptors (Lipinski definition) is 4.